The molecule has 0 bridgehead atoms. The molecule has 3 unspecified atom stereocenters. The number of benzene rings is 2. The summed E-state index contributed by atoms with van der Waals surface area (Å²) in [6.07, 6.45) is -8.44. The van der Waals surface area contributed by atoms with Crippen molar-refractivity contribution < 1.29 is 40.3 Å². The lowest BCUT2D eigenvalue weighted by Gasteiger charge is -2.31. The van der Waals surface area contributed by atoms with E-state index in [1.807, 2.05) is 0 Å². The van der Waals surface area contributed by atoms with Crippen molar-refractivity contribution in [2.24, 2.45) is 0 Å². The summed E-state index contributed by atoms with van der Waals surface area (Å²) in [6, 6.07) is 4.78. The summed E-state index contributed by atoms with van der Waals surface area (Å²) in [4.78, 5) is 14.7. The number of carbonyl (C=O) groups is 1. The first-order valence-corrected chi connectivity index (χ1v) is 12.9. The molecule has 1 aromatic heterocycles. The first-order chi connectivity index (χ1) is 19.2. The minimum Gasteiger partial charge on any atom is -0.368 e. The zero-order valence-corrected chi connectivity index (χ0v) is 22.0. The molecule has 0 saturated carbocycles. The molecule has 2 fully saturated rings. The molecule has 3 heterocycles. The third kappa shape index (κ3) is 5.96. The van der Waals surface area contributed by atoms with Gasteiger partial charge in [-0.25, -0.2) is 4.39 Å². The average molecular weight is 585 g/mol. The van der Waals surface area contributed by atoms with Crippen molar-refractivity contribution >= 4 is 5.91 Å². The van der Waals surface area contributed by atoms with E-state index in [1.54, 1.807) is 30.3 Å². The highest BCUT2D eigenvalue weighted by Gasteiger charge is 2.54. The quantitative estimate of drug-likeness (QED) is 0.340. The number of aryl methyl sites for hydroxylation is 1. The van der Waals surface area contributed by atoms with E-state index in [4.69, 9.17) is 4.74 Å². The van der Waals surface area contributed by atoms with Gasteiger partial charge in [0, 0.05) is 43.2 Å². The average Bonchev–Trinajstić information content (AvgIpc) is 3.60. The third-order valence-electron chi connectivity index (χ3n) is 7.80. The lowest BCUT2D eigenvalue weighted by atomic mass is 9.84. The standard InChI is InChI=1S/C28H27F7N4O2/c1-14-5-20(29)3-4-21(14)25-23(13-39-24(40)9-22(26(25)39)36-10-16-11-37-38-12-16)41-15(2)17-6-18(27(30,31)32)8-19(7-17)28(33,34)35/h3-8,11-12,15,22-23,25-26,36H,9-10,13H2,1-2H3,(H,37,38)/t15-,22?,23+,25?,26?/m1/s1. The molecule has 2 aliphatic heterocycles. The van der Waals surface area contributed by atoms with Gasteiger partial charge in [-0.2, -0.15) is 31.4 Å². The molecule has 220 valence electrons. The van der Waals surface area contributed by atoms with E-state index in [-0.39, 0.29) is 36.5 Å². The monoisotopic (exact) mass is 584 g/mol. The van der Waals surface area contributed by atoms with Gasteiger partial charge in [0.05, 0.1) is 35.6 Å². The molecule has 2 saturated heterocycles. The van der Waals surface area contributed by atoms with Gasteiger partial charge in [0.2, 0.25) is 5.91 Å². The SMILES string of the molecule is Cc1cc(F)ccc1C1C2C(NCc3cn[nH]c3)CC(=O)N2C[C@@H]1O[C@H](C)c1cc(C(F)(F)F)cc(C(F)(F)F)c1. The summed E-state index contributed by atoms with van der Waals surface area (Å²) in [7, 11) is 0. The number of ether oxygens (including phenoxy) is 1. The van der Waals surface area contributed by atoms with Crippen LogP contribution < -0.4 is 5.32 Å². The maximum absolute atomic E-state index is 14.0. The van der Waals surface area contributed by atoms with Crippen LogP contribution in [0.5, 0.6) is 0 Å². The Morgan fingerprint density at radius 3 is 2.37 bits per heavy atom. The highest BCUT2D eigenvalue weighted by atomic mass is 19.4. The van der Waals surface area contributed by atoms with E-state index in [9.17, 15) is 35.5 Å². The summed E-state index contributed by atoms with van der Waals surface area (Å²) in [5.74, 6) is -1.16. The molecule has 5 atom stereocenters. The molecule has 1 amide bonds. The second-order valence-electron chi connectivity index (χ2n) is 10.5. The molecule has 2 aromatic carbocycles. The Kier molecular flexibility index (Phi) is 7.62. The van der Waals surface area contributed by atoms with Crippen LogP contribution in [0.3, 0.4) is 0 Å². The van der Waals surface area contributed by atoms with Crippen molar-refractivity contribution in [3.8, 4) is 0 Å². The number of carbonyl (C=O) groups excluding carboxylic acids is 1. The Labute approximate surface area is 230 Å². The van der Waals surface area contributed by atoms with Crippen LogP contribution in [0, 0.1) is 12.7 Å². The molecule has 3 aromatic rings. The number of nitrogens with one attached hydrogen (secondary N) is 2. The van der Waals surface area contributed by atoms with E-state index < -0.39 is 53.5 Å². The van der Waals surface area contributed by atoms with Gasteiger partial charge in [-0.3, -0.25) is 9.89 Å². The first-order valence-electron chi connectivity index (χ1n) is 12.9. The van der Waals surface area contributed by atoms with Gasteiger partial charge < -0.3 is 15.0 Å². The smallest absolute Gasteiger partial charge is 0.368 e. The van der Waals surface area contributed by atoms with E-state index in [0.717, 1.165) is 5.56 Å². The number of halogens is 7. The molecular formula is C28H27F7N4O2. The van der Waals surface area contributed by atoms with Gasteiger partial charge >= 0.3 is 12.4 Å². The fraction of sp³-hybridized carbons (Fsp3) is 0.429. The van der Waals surface area contributed by atoms with Crippen LogP contribution in [-0.2, 0) is 28.4 Å². The van der Waals surface area contributed by atoms with Crippen LogP contribution >= 0.6 is 0 Å². The molecule has 6 nitrogen and oxygen atoms in total. The van der Waals surface area contributed by atoms with Crippen molar-refractivity contribution in [1.29, 1.82) is 0 Å². The number of aromatic amines is 1. The number of fused-ring (bicyclic) bond motifs is 1. The molecule has 5 rings (SSSR count). The molecule has 0 aliphatic carbocycles. The van der Waals surface area contributed by atoms with Gasteiger partial charge in [-0.1, -0.05) is 6.07 Å². The topological polar surface area (TPSA) is 70.2 Å². The number of hydrogen-bond acceptors (Lipinski definition) is 4. The van der Waals surface area contributed by atoms with E-state index in [1.165, 1.54) is 19.1 Å². The Morgan fingerprint density at radius 2 is 1.78 bits per heavy atom. The summed E-state index contributed by atoms with van der Waals surface area (Å²) in [5, 5.41) is 9.99. The number of aromatic nitrogens is 2. The maximum Gasteiger partial charge on any atom is 0.416 e. The number of alkyl halides is 6. The van der Waals surface area contributed by atoms with E-state index >= 15 is 0 Å². The number of amides is 1. The van der Waals surface area contributed by atoms with Crippen LogP contribution in [-0.4, -0.2) is 45.7 Å². The third-order valence-corrected chi connectivity index (χ3v) is 7.80. The number of H-pyrrole nitrogens is 1. The summed E-state index contributed by atoms with van der Waals surface area (Å²) >= 11 is 0. The number of nitrogens with zero attached hydrogens (tertiary/aromatic N) is 2. The van der Waals surface area contributed by atoms with E-state index in [0.29, 0.717) is 29.8 Å². The van der Waals surface area contributed by atoms with Gasteiger partial charge in [-0.05, 0) is 60.9 Å². The molecule has 0 radical (unpaired) electrons. The largest absolute Gasteiger partial charge is 0.416 e. The fourth-order valence-corrected chi connectivity index (χ4v) is 5.90. The lowest BCUT2D eigenvalue weighted by molar-refractivity contribution is -0.143. The van der Waals surface area contributed by atoms with Crippen LogP contribution in [0.15, 0.2) is 48.8 Å². The van der Waals surface area contributed by atoms with Crippen LogP contribution in [0.25, 0.3) is 0 Å². The van der Waals surface area contributed by atoms with Crippen molar-refractivity contribution in [3.63, 3.8) is 0 Å². The van der Waals surface area contributed by atoms with Gasteiger partial charge in [0.1, 0.15) is 5.82 Å². The second kappa shape index (κ2) is 10.8. The minimum absolute atomic E-state index is 0.0709. The Hall–Kier alpha value is -3.45. The molecule has 2 aliphatic rings. The van der Waals surface area contributed by atoms with Crippen LogP contribution in [0.2, 0.25) is 0 Å². The molecular weight excluding hydrogens is 557 g/mol. The van der Waals surface area contributed by atoms with Gasteiger partial charge in [0.15, 0.2) is 0 Å². The van der Waals surface area contributed by atoms with Crippen LogP contribution in [0.1, 0.15) is 58.7 Å². The molecule has 41 heavy (non-hydrogen) atoms. The van der Waals surface area contributed by atoms with E-state index in [2.05, 4.69) is 15.5 Å². The predicted octanol–water partition coefficient (Wildman–Crippen LogP) is 5.90. The maximum atomic E-state index is 14.0. The van der Waals surface area contributed by atoms with Gasteiger partial charge in [0.25, 0.3) is 0 Å². The molecule has 2 N–H and O–H groups in total. The van der Waals surface area contributed by atoms with Crippen molar-refractivity contribution in [2.75, 3.05) is 6.54 Å². The summed E-state index contributed by atoms with van der Waals surface area (Å²) < 4.78 is 101. The summed E-state index contributed by atoms with van der Waals surface area (Å²) in [5.41, 5.74) is -1.04. The normalized spacial score (nSPS) is 23.7. The number of rotatable bonds is 7. The zero-order valence-electron chi connectivity index (χ0n) is 22.0. The second-order valence-corrected chi connectivity index (χ2v) is 10.5. The Balaban J connectivity index is 1.48. The van der Waals surface area contributed by atoms with Crippen LogP contribution in [0.4, 0.5) is 30.7 Å². The zero-order chi connectivity index (χ0) is 29.7. The fourth-order valence-electron chi connectivity index (χ4n) is 5.90. The highest BCUT2D eigenvalue weighted by Crippen LogP contribution is 2.45. The van der Waals surface area contributed by atoms with Crippen molar-refractivity contribution in [1.82, 2.24) is 20.4 Å². The lowest BCUT2D eigenvalue weighted by Crippen LogP contribution is -2.42. The Bertz CT molecular complexity index is 1380. The minimum atomic E-state index is -5.00. The predicted molar refractivity (Wildman–Crippen MR) is 133 cm³/mol. The van der Waals surface area contributed by atoms with Gasteiger partial charge in [-0.15, -0.1) is 0 Å². The van der Waals surface area contributed by atoms with Crippen molar-refractivity contribution in [3.05, 3.63) is 88.0 Å². The molecule has 0 spiro atoms. The summed E-state index contributed by atoms with van der Waals surface area (Å²) in [6.45, 7) is 3.56. The highest BCUT2D eigenvalue weighted by molar-refractivity contribution is 5.81. The molecule has 13 heteroatoms. The number of hydrogen-bond donors (Lipinski definition) is 2. The van der Waals surface area contributed by atoms with Crippen molar-refractivity contribution in [2.45, 2.75) is 69.4 Å². The Morgan fingerprint density at radius 1 is 1.10 bits per heavy atom. The first kappa shape index (κ1) is 29.1.